The zero-order valence-corrected chi connectivity index (χ0v) is 21.8. The van der Waals surface area contributed by atoms with Crippen LogP contribution >= 0.6 is 35.0 Å². The molecule has 3 aromatic carbocycles. The SMILES string of the molecule is CCOc1cc(/C=C2/SC(=O)N(Cc3cccc([N+](=O)[O-])c3)C2=O)ccc1OCc1ccc(Cl)cc1Cl. The molecule has 0 unspecified atom stereocenters. The van der Waals surface area contributed by atoms with Gasteiger partial charge in [-0.1, -0.05) is 47.5 Å². The van der Waals surface area contributed by atoms with Crippen molar-refractivity contribution in [1.82, 2.24) is 4.90 Å². The summed E-state index contributed by atoms with van der Waals surface area (Å²) in [6.45, 7) is 2.37. The Balaban J connectivity index is 1.51. The molecule has 4 rings (SSSR count). The second-order valence-corrected chi connectivity index (χ2v) is 9.70. The molecule has 1 heterocycles. The van der Waals surface area contributed by atoms with Gasteiger partial charge in [-0.05, 0) is 60.2 Å². The Morgan fingerprint density at radius 2 is 1.84 bits per heavy atom. The number of carbonyl (C=O) groups is 2. The van der Waals surface area contributed by atoms with Crippen molar-refractivity contribution < 1.29 is 24.0 Å². The van der Waals surface area contributed by atoms with E-state index in [-0.39, 0.29) is 23.7 Å². The molecule has 0 saturated carbocycles. The summed E-state index contributed by atoms with van der Waals surface area (Å²) in [5.41, 5.74) is 1.78. The predicted octanol–water partition coefficient (Wildman–Crippen LogP) is 7.12. The number of hydrogen-bond acceptors (Lipinski definition) is 7. The molecular formula is C26H20Cl2N2O6S. The summed E-state index contributed by atoms with van der Waals surface area (Å²) in [5, 5.41) is 11.6. The number of non-ortho nitro benzene ring substituents is 1. The molecule has 1 aliphatic heterocycles. The first-order valence-corrected chi connectivity index (χ1v) is 12.6. The van der Waals surface area contributed by atoms with Gasteiger partial charge >= 0.3 is 0 Å². The Labute approximate surface area is 226 Å². The standard InChI is InChI=1S/C26H20Cl2N2O6S/c1-2-35-23-11-16(6-9-22(23)36-15-18-7-8-19(27)13-21(18)28)12-24-25(31)29(26(32)37-24)14-17-4-3-5-20(10-17)30(33)34/h3-13H,2,14-15H2,1H3/b24-12+. The van der Waals surface area contributed by atoms with Gasteiger partial charge < -0.3 is 9.47 Å². The minimum absolute atomic E-state index is 0.0616. The van der Waals surface area contributed by atoms with E-state index in [1.54, 1.807) is 48.5 Å². The summed E-state index contributed by atoms with van der Waals surface area (Å²) in [6, 6.07) is 16.2. The molecule has 1 aliphatic rings. The average Bonchev–Trinajstić information content (AvgIpc) is 3.12. The lowest BCUT2D eigenvalue weighted by atomic mass is 10.1. The molecule has 2 amide bonds. The van der Waals surface area contributed by atoms with Crippen LogP contribution in [0, 0.1) is 10.1 Å². The van der Waals surface area contributed by atoms with E-state index in [0.29, 0.717) is 39.3 Å². The minimum Gasteiger partial charge on any atom is -0.490 e. The minimum atomic E-state index is -0.523. The topological polar surface area (TPSA) is 99.0 Å². The lowest BCUT2D eigenvalue weighted by Crippen LogP contribution is -2.27. The number of nitro groups is 1. The first-order chi connectivity index (χ1) is 17.7. The van der Waals surface area contributed by atoms with Gasteiger partial charge in [0.25, 0.3) is 16.8 Å². The molecule has 0 atom stereocenters. The normalized spacial score (nSPS) is 14.4. The molecule has 11 heteroatoms. The molecule has 0 N–H and O–H groups in total. The maximum Gasteiger partial charge on any atom is 0.293 e. The van der Waals surface area contributed by atoms with E-state index in [2.05, 4.69) is 0 Å². The summed E-state index contributed by atoms with van der Waals surface area (Å²) < 4.78 is 11.6. The molecule has 0 aromatic heterocycles. The van der Waals surface area contributed by atoms with Crippen molar-refractivity contribution in [3.05, 3.63) is 102 Å². The number of imide groups is 1. The van der Waals surface area contributed by atoms with E-state index in [1.165, 1.54) is 18.2 Å². The lowest BCUT2D eigenvalue weighted by molar-refractivity contribution is -0.384. The Morgan fingerprint density at radius 3 is 2.57 bits per heavy atom. The third kappa shape index (κ3) is 6.43. The molecule has 1 fully saturated rings. The quantitative estimate of drug-likeness (QED) is 0.156. The third-order valence-electron chi connectivity index (χ3n) is 5.30. The molecule has 0 aliphatic carbocycles. The average molecular weight is 559 g/mol. The first-order valence-electron chi connectivity index (χ1n) is 11.1. The van der Waals surface area contributed by atoms with Crippen molar-refractivity contribution in [3.63, 3.8) is 0 Å². The summed E-state index contributed by atoms with van der Waals surface area (Å²) in [4.78, 5) is 37.3. The van der Waals surface area contributed by atoms with Crippen molar-refractivity contribution in [3.8, 4) is 11.5 Å². The van der Waals surface area contributed by atoms with E-state index >= 15 is 0 Å². The maximum atomic E-state index is 12.9. The predicted molar refractivity (Wildman–Crippen MR) is 143 cm³/mol. The van der Waals surface area contributed by atoms with Crippen LogP contribution < -0.4 is 9.47 Å². The number of nitrogens with zero attached hydrogens (tertiary/aromatic N) is 2. The molecule has 0 bridgehead atoms. The fraction of sp³-hybridized carbons (Fsp3) is 0.154. The Hall–Kier alpha value is -3.53. The zero-order chi connectivity index (χ0) is 26.5. The van der Waals surface area contributed by atoms with Gasteiger partial charge in [-0.15, -0.1) is 0 Å². The molecule has 1 saturated heterocycles. The molecular weight excluding hydrogens is 539 g/mol. The van der Waals surface area contributed by atoms with Crippen LogP contribution in [0.3, 0.4) is 0 Å². The summed E-state index contributed by atoms with van der Waals surface area (Å²) in [6.07, 6.45) is 1.60. The number of carbonyl (C=O) groups excluding carboxylic acids is 2. The number of hydrogen-bond donors (Lipinski definition) is 0. The Bertz CT molecular complexity index is 1410. The highest BCUT2D eigenvalue weighted by Crippen LogP contribution is 2.36. The number of amides is 2. The first kappa shape index (κ1) is 26.5. The van der Waals surface area contributed by atoms with E-state index in [0.717, 1.165) is 22.2 Å². The van der Waals surface area contributed by atoms with Crippen molar-refractivity contribution in [2.75, 3.05) is 6.61 Å². The van der Waals surface area contributed by atoms with E-state index in [4.69, 9.17) is 32.7 Å². The maximum absolute atomic E-state index is 12.9. The largest absolute Gasteiger partial charge is 0.490 e. The zero-order valence-electron chi connectivity index (χ0n) is 19.5. The van der Waals surface area contributed by atoms with Gasteiger partial charge in [0.05, 0.1) is 23.0 Å². The molecule has 0 spiro atoms. The summed E-state index contributed by atoms with van der Waals surface area (Å²) >= 11 is 13.0. The van der Waals surface area contributed by atoms with E-state index in [9.17, 15) is 19.7 Å². The number of halogens is 2. The van der Waals surface area contributed by atoms with Gasteiger partial charge in [-0.25, -0.2) is 0 Å². The van der Waals surface area contributed by atoms with Crippen molar-refractivity contribution in [1.29, 1.82) is 0 Å². The fourth-order valence-corrected chi connectivity index (χ4v) is 4.84. The van der Waals surface area contributed by atoms with Crippen molar-refractivity contribution in [2.24, 2.45) is 0 Å². The smallest absolute Gasteiger partial charge is 0.293 e. The van der Waals surface area contributed by atoms with Gasteiger partial charge in [0.15, 0.2) is 11.5 Å². The summed E-state index contributed by atoms with van der Waals surface area (Å²) in [5.74, 6) is 0.484. The van der Waals surface area contributed by atoms with Crippen LogP contribution in [-0.4, -0.2) is 27.6 Å². The van der Waals surface area contributed by atoms with Gasteiger partial charge in [-0.2, -0.15) is 0 Å². The van der Waals surface area contributed by atoms with E-state index < -0.39 is 16.1 Å². The Morgan fingerprint density at radius 1 is 1.03 bits per heavy atom. The van der Waals surface area contributed by atoms with Crippen molar-refractivity contribution in [2.45, 2.75) is 20.1 Å². The van der Waals surface area contributed by atoms with Crippen LogP contribution in [0.4, 0.5) is 10.5 Å². The van der Waals surface area contributed by atoms with Crippen LogP contribution in [0.1, 0.15) is 23.6 Å². The highest BCUT2D eigenvalue weighted by molar-refractivity contribution is 8.18. The highest BCUT2D eigenvalue weighted by Gasteiger charge is 2.35. The molecule has 0 radical (unpaired) electrons. The highest BCUT2D eigenvalue weighted by atomic mass is 35.5. The van der Waals surface area contributed by atoms with Crippen LogP contribution in [0.5, 0.6) is 11.5 Å². The summed E-state index contributed by atoms with van der Waals surface area (Å²) in [7, 11) is 0. The molecule has 3 aromatic rings. The van der Waals surface area contributed by atoms with Gasteiger partial charge in [0, 0.05) is 27.7 Å². The van der Waals surface area contributed by atoms with Gasteiger partial charge in [0.1, 0.15) is 6.61 Å². The number of rotatable bonds is 9. The number of thioether (sulfide) groups is 1. The van der Waals surface area contributed by atoms with Gasteiger partial charge in [-0.3, -0.25) is 24.6 Å². The van der Waals surface area contributed by atoms with Gasteiger partial charge in [0.2, 0.25) is 0 Å². The van der Waals surface area contributed by atoms with Crippen LogP contribution in [0.2, 0.25) is 10.0 Å². The van der Waals surface area contributed by atoms with Crippen molar-refractivity contribution >= 4 is 57.9 Å². The van der Waals surface area contributed by atoms with Crippen LogP contribution in [-0.2, 0) is 17.9 Å². The molecule has 8 nitrogen and oxygen atoms in total. The number of benzene rings is 3. The number of ether oxygens (including phenoxy) is 2. The van der Waals surface area contributed by atoms with Crippen LogP contribution in [0.15, 0.2) is 65.6 Å². The second kappa shape index (κ2) is 11.7. The molecule has 37 heavy (non-hydrogen) atoms. The Kier molecular flexibility index (Phi) is 8.38. The number of nitro benzene ring substituents is 1. The van der Waals surface area contributed by atoms with Crippen LogP contribution in [0.25, 0.3) is 6.08 Å². The fourth-order valence-electron chi connectivity index (χ4n) is 3.53. The third-order valence-corrected chi connectivity index (χ3v) is 6.79. The lowest BCUT2D eigenvalue weighted by Gasteiger charge is -2.14. The monoisotopic (exact) mass is 558 g/mol. The molecule has 190 valence electrons. The second-order valence-electron chi connectivity index (χ2n) is 7.86. The van der Waals surface area contributed by atoms with E-state index in [1.807, 2.05) is 6.92 Å².